The predicted molar refractivity (Wildman–Crippen MR) is 123 cm³/mol. The number of halogens is 1. The van der Waals surface area contributed by atoms with Gasteiger partial charge in [0.1, 0.15) is 0 Å². The summed E-state index contributed by atoms with van der Waals surface area (Å²) < 4.78 is 16.0. The molecular formula is C19H25IN4O5. The number of nitro benzene ring substituents is 1. The van der Waals surface area contributed by atoms with Gasteiger partial charge < -0.3 is 24.8 Å². The van der Waals surface area contributed by atoms with Crippen LogP contribution < -0.4 is 24.8 Å². The van der Waals surface area contributed by atoms with Crippen molar-refractivity contribution in [2.24, 2.45) is 4.99 Å². The van der Waals surface area contributed by atoms with Gasteiger partial charge in [0.05, 0.1) is 32.8 Å². The van der Waals surface area contributed by atoms with Crippen molar-refractivity contribution in [1.29, 1.82) is 0 Å². The molecule has 29 heavy (non-hydrogen) atoms. The van der Waals surface area contributed by atoms with E-state index in [0.29, 0.717) is 42.0 Å². The fourth-order valence-corrected chi connectivity index (χ4v) is 2.49. The molecular weight excluding hydrogens is 491 g/mol. The summed E-state index contributed by atoms with van der Waals surface area (Å²) in [6.07, 6.45) is 0. The maximum Gasteiger partial charge on any atom is 0.269 e. The first-order valence-corrected chi connectivity index (χ1v) is 8.61. The summed E-state index contributed by atoms with van der Waals surface area (Å²) >= 11 is 0. The van der Waals surface area contributed by atoms with E-state index >= 15 is 0 Å². The number of rotatable bonds is 8. The normalized spacial score (nSPS) is 10.6. The van der Waals surface area contributed by atoms with Crippen molar-refractivity contribution in [3.05, 3.63) is 52.1 Å². The zero-order valence-electron chi connectivity index (χ0n) is 16.7. The third kappa shape index (κ3) is 6.66. The second-order valence-electron chi connectivity index (χ2n) is 5.66. The van der Waals surface area contributed by atoms with Crippen molar-refractivity contribution in [2.75, 3.05) is 33.2 Å². The van der Waals surface area contributed by atoms with Gasteiger partial charge >= 0.3 is 0 Å². The minimum Gasteiger partial charge on any atom is -0.493 e. The molecule has 2 N–H and O–H groups in total. The Morgan fingerprint density at radius 3 is 2.10 bits per heavy atom. The van der Waals surface area contributed by atoms with E-state index in [4.69, 9.17) is 14.2 Å². The van der Waals surface area contributed by atoms with Crippen LogP contribution >= 0.6 is 24.0 Å². The maximum atomic E-state index is 10.7. The molecule has 0 saturated carbocycles. The number of aliphatic imine (C=N–C) groups is 1. The average Bonchev–Trinajstić information content (AvgIpc) is 2.71. The first kappa shape index (κ1) is 24.3. The Kier molecular flexibility index (Phi) is 10.00. The molecule has 0 atom stereocenters. The molecule has 0 unspecified atom stereocenters. The van der Waals surface area contributed by atoms with E-state index in [2.05, 4.69) is 15.6 Å². The predicted octanol–water partition coefficient (Wildman–Crippen LogP) is 3.82. The number of nitrogens with zero attached hydrogens (tertiary/aromatic N) is 2. The van der Waals surface area contributed by atoms with Crippen LogP contribution in [0.5, 0.6) is 17.2 Å². The van der Waals surface area contributed by atoms with Gasteiger partial charge in [0, 0.05) is 36.5 Å². The molecule has 0 bridgehead atoms. The van der Waals surface area contributed by atoms with E-state index < -0.39 is 4.92 Å². The number of hydrogen-bond donors (Lipinski definition) is 2. The third-order valence-corrected chi connectivity index (χ3v) is 3.84. The minimum absolute atomic E-state index is 0. The van der Waals surface area contributed by atoms with Crippen molar-refractivity contribution < 1.29 is 19.1 Å². The number of methoxy groups -OCH3 is 3. The van der Waals surface area contributed by atoms with Crippen LogP contribution in [0.15, 0.2) is 41.4 Å². The molecule has 0 heterocycles. The van der Waals surface area contributed by atoms with Crippen LogP contribution in [0.2, 0.25) is 0 Å². The Morgan fingerprint density at radius 2 is 1.66 bits per heavy atom. The summed E-state index contributed by atoms with van der Waals surface area (Å²) in [5.74, 6) is 2.10. The Morgan fingerprint density at radius 1 is 1.07 bits per heavy atom. The molecule has 0 aliphatic rings. The number of nitrogens with one attached hydrogen (secondary N) is 2. The highest BCUT2D eigenvalue weighted by molar-refractivity contribution is 14.0. The van der Waals surface area contributed by atoms with Crippen molar-refractivity contribution in [1.82, 2.24) is 5.32 Å². The fraction of sp³-hybridized carbons (Fsp3) is 0.316. The van der Waals surface area contributed by atoms with E-state index in [1.165, 1.54) is 12.1 Å². The number of benzene rings is 2. The molecule has 2 rings (SSSR count). The number of non-ortho nitro benzene ring substituents is 1. The van der Waals surface area contributed by atoms with Crippen LogP contribution in [0, 0.1) is 10.1 Å². The monoisotopic (exact) mass is 516 g/mol. The SMILES string of the molecule is CCNC(=NCc1ccc([N+](=O)[O-])cc1)Nc1cc(OC)c(OC)c(OC)c1.I. The smallest absolute Gasteiger partial charge is 0.269 e. The first-order chi connectivity index (χ1) is 13.5. The Bertz CT molecular complexity index is 818. The highest BCUT2D eigenvalue weighted by Crippen LogP contribution is 2.39. The van der Waals surface area contributed by atoms with Crippen LogP contribution in [-0.4, -0.2) is 38.8 Å². The van der Waals surface area contributed by atoms with E-state index in [9.17, 15) is 10.1 Å². The van der Waals surface area contributed by atoms with Crippen molar-refractivity contribution >= 4 is 41.3 Å². The average molecular weight is 516 g/mol. The lowest BCUT2D eigenvalue weighted by Gasteiger charge is -2.16. The Hall–Kier alpha value is -2.76. The second-order valence-corrected chi connectivity index (χ2v) is 5.66. The molecule has 0 aliphatic heterocycles. The molecule has 0 aliphatic carbocycles. The molecule has 0 aromatic heterocycles. The third-order valence-electron chi connectivity index (χ3n) is 3.84. The topological polar surface area (TPSA) is 107 Å². The van der Waals surface area contributed by atoms with Crippen LogP contribution in [0.3, 0.4) is 0 Å². The van der Waals surface area contributed by atoms with Crippen LogP contribution in [0.1, 0.15) is 12.5 Å². The van der Waals surface area contributed by atoms with Gasteiger partial charge in [-0.25, -0.2) is 4.99 Å². The van der Waals surface area contributed by atoms with Gasteiger partial charge in [-0.15, -0.1) is 24.0 Å². The van der Waals surface area contributed by atoms with Gasteiger partial charge in [0.2, 0.25) is 5.75 Å². The Labute approximate surface area is 186 Å². The molecule has 2 aromatic carbocycles. The van der Waals surface area contributed by atoms with E-state index in [0.717, 1.165) is 5.56 Å². The Balaban J connectivity index is 0.00000420. The lowest BCUT2D eigenvalue weighted by Crippen LogP contribution is -2.30. The van der Waals surface area contributed by atoms with Gasteiger partial charge in [0.15, 0.2) is 17.5 Å². The highest BCUT2D eigenvalue weighted by Gasteiger charge is 2.14. The number of guanidine groups is 1. The fourth-order valence-electron chi connectivity index (χ4n) is 2.49. The van der Waals surface area contributed by atoms with Crippen molar-refractivity contribution in [3.63, 3.8) is 0 Å². The summed E-state index contributed by atoms with van der Waals surface area (Å²) in [4.78, 5) is 14.8. The molecule has 0 amide bonds. The molecule has 158 valence electrons. The van der Waals surface area contributed by atoms with Gasteiger partial charge in [-0.3, -0.25) is 10.1 Å². The molecule has 9 nitrogen and oxygen atoms in total. The van der Waals surface area contributed by atoms with Crippen molar-refractivity contribution in [2.45, 2.75) is 13.5 Å². The number of nitro groups is 1. The highest BCUT2D eigenvalue weighted by atomic mass is 127. The van der Waals surface area contributed by atoms with Gasteiger partial charge in [0.25, 0.3) is 5.69 Å². The zero-order valence-corrected chi connectivity index (χ0v) is 19.1. The lowest BCUT2D eigenvalue weighted by molar-refractivity contribution is -0.384. The van der Waals surface area contributed by atoms with Gasteiger partial charge in [-0.1, -0.05) is 12.1 Å². The van der Waals surface area contributed by atoms with E-state index in [1.807, 2.05) is 6.92 Å². The van der Waals surface area contributed by atoms with Crippen LogP contribution in [0.25, 0.3) is 0 Å². The molecule has 0 saturated heterocycles. The largest absolute Gasteiger partial charge is 0.493 e. The quantitative estimate of drug-likeness (QED) is 0.181. The summed E-state index contributed by atoms with van der Waals surface area (Å²) in [5, 5.41) is 17.1. The van der Waals surface area contributed by atoms with Gasteiger partial charge in [-0.05, 0) is 12.5 Å². The first-order valence-electron chi connectivity index (χ1n) is 8.61. The summed E-state index contributed by atoms with van der Waals surface area (Å²) in [6.45, 7) is 2.98. The van der Waals surface area contributed by atoms with Crippen LogP contribution in [0.4, 0.5) is 11.4 Å². The van der Waals surface area contributed by atoms with E-state index in [1.54, 1.807) is 45.6 Å². The summed E-state index contributed by atoms with van der Waals surface area (Å²) in [5.41, 5.74) is 1.61. The zero-order chi connectivity index (χ0) is 20.5. The summed E-state index contributed by atoms with van der Waals surface area (Å²) in [6, 6.07) is 9.85. The lowest BCUT2D eigenvalue weighted by atomic mass is 10.2. The number of hydrogen-bond acceptors (Lipinski definition) is 6. The standard InChI is InChI=1S/C19H24N4O5.HI/c1-5-20-19(21-12-13-6-8-15(9-7-13)23(24)25)22-14-10-16(26-2)18(28-4)17(11-14)27-3;/h6-11H,5,12H2,1-4H3,(H2,20,21,22);1H. The number of ether oxygens (including phenoxy) is 3. The molecule has 0 radical (unpaired) electrons. The van der Waals surface area contributed by atoms with Crippen LogP contribution in [-0.2, 0) is 6.54 Å². The molecule has 0 spiro atoms. The van der Waals surface area contributed by atoms with Crippen molar-refractivity contribution in [3.8, 4) is 17.2 Å². The second kappa shape index (κ2) is 11.9. The number of anilines is 1. The molecule has 2 aromatic rings. The molecule has 0 fully saturated rings. The minimum atomic E-state index is -0.427. The maximum absolute atomic E-state index is 10.7. The van der Waals surface area contributed by atoms with Gasteiger partial charge in [-0.2, -0.15) is 0 Å². The van der Waals surface area contributed by atoms with E-state index in [-0.39, 0.29) is 29.7 Å². The summed E-state index contributed by atoms with van der Waals surface area (Å²) in [7, 11) is 4.65. The molecule has 10 heteroatoms.